The van der Waals surface area contributed by atoms with Crippen molar-refractivity contribution in [3.05, 3.63) is 53.3 Å². The summed E-state index contributed by atoms with van der Waals surface area (Å²) in [6.45, 7) is 10.1. The molecule has 1 aromatic carbocycles. The number of aromatic nitrogens is 2. The Bertz CT molecular complexity index is 1270. The number of benzene rings is 1. The lowest BCUT2D eigenvalue weighted by Crippen LogP contribution is -2.48. The Balaban J connectivity index is 1.56. The van der Waals surface area contributed by atoms with E-state index in [9.17, 15) is 19.8 Å². The number of amides is 1. The molecule has 3 aromatic rings. The zero-order valence-electron chi connectivity index (χ0n) is 20.4. The molecule has 9 nitrogen and oxygen atoms in total. The largest absolute Gasteiger partial charge is 0.480 e. The summed E-state index contributed by atoms with van der Waals surface area (Å²) in [7, 11) is -1.16. The van der Waals surface area contributed by atoms with Gasteiger partial charge >= 0.3 is 12.1 Å². The van der Waals surface area contributed by atoms with Crippen molar-refractivity contribution >= 4 is 31.2 Å². The van der Waals surface area contributed by atoms with Crippen LogP contribution in [0.3, 0.4) is 0 Å². The van der Waals surface area contributed by atoms with Crippen LogP contribution in [0.1, 0.15) is 16.7 Å². The lowest BCUT2D eigenvalue weighted by Gasteiger charge is -2.32. The van der Waals surface area contributed by atoms with Crippen LogP contribution in [0.2, 0.25) is 25.7 Å². The molecule has 2 aromatic heterocycles. The highest BCUT2D eigenvalue weighted by Gasteiger charge is 2.34. The van der Waals surface area contributed by atoms with Gasteiger partial charge in [0.15, 0.2) is 0 Å². The highest BCUT2D eigenvalue weighted by molar-refractivity contribution is 6.76. The van der Waals surface area contributed by atoms with Gasteiger partial charge in [-0.05, 0) is 47.9 Å². The summed E-state index contributed by atoms with van der Waals surface area (Å²) >= 11 is 0. The highest BCUT2D eigenvalue weighted by atomic mass is 28.3. The van der Waals surface area contributed by atoms with Crippen molar-refractivity contribution in [1.29, 1.82) is 0 Å². The number of carboxylic acid groups (broad SMARTS) is 2. The SMILES string of the molecule is Cc1cn(COCC[Si](C)(C)C)c2nccc(Oc3ccc4c(c3)CN(C(=O)O)C(C(=O)O)C4)c12. The van der Waals surface area contributed by atoms with Gasteiger partial charge in [-0.15, -0.1) is 0 Å². The van der Waals surface area contributed by atoms with Gasteiger partial charge in [0.1, 0.15) is 29.9 Å². The first-order valence-corrected chi connectivity index (χ1v) is 15.3. The number of carboxylic acids is 1. The Morgan fingerprint density at radius 2 is 1.94 bits per heavy atom. The Morgan fingerprint density at radius 3 is 2.63 bits per heavy atom. The van der Waals surface area contributed by atoms with E-state index >= 15 is 0 Å². The minimum atomic E-state index is -1.26. The van der Waals surface area contributed by atoms with Gasteiger partial charge in [0, 0.05) is 33.5 Å². The predicted octanol–water partition coefficient (Wildman–Crippen LogP) is 4.94. The maximum Gasteiger partial charge on any atom is 0.408 e. The molecule has 186 valence electrons. The number of fused-ring (bicyclic) bond motifs is 2. The number of pyridine rings is 1. The third-order valence-corrected chi connectivity index (χ3v) is 7.91. The Labute approximate surface area is 204 Å². The molecule has 2 N–H and O–H groups in total. The van der Waals surface area contributed by atoms with Gasteiger partial charge in [-0.2, -0.15) is 0 Å². The molecule has 35 heavy (non-hydrogen) atoms. The van der Waals surface area contributed by atoms with Crippen molar-refractivity contribution in [2.24, 2.45) is 0 Å². The lowest BCUT2D eigenvalue weighted by molar-refractivity contribution is -0.143. The van der Waals surface area contributed by atoms with Gasteiger partial charge in [0.2, 0.25) is 0 Å². The van der Waals surface area contributed by atoms with E-state index in [-0.39, 0.29) is 13.0 Å². The van der Waals surface area contributed by atoms with Crippen LogP contribution in [0.4, 0.5) is 4.79 Å². The average molecular weight is 498 g/mol. The van der Waals surface area contributed by atoms with Gasteiger partial charge in [-0.25, -0.2) is 14.6 Å². The molecule has 1 amide bonds. The number of aryl methyl sites for hydroxylation is 1. The first-order chi connectivity index (χ1) is 16.5. The standard InChI is InChI=1S/C25H31N3O6Si/c1-16-13-27(15-33-9-10-35(2,3)4)23-22(16)21(7-8-26-23)34-19-6-5-17-12-20(24(29)30)28(25(31)32)14-18(17)11-19/h5-8,11,13,20H,9-10,12,14-15H2,1-4H3,(H,29,30)(H,31,32). The molecule has 0 saturated heterocycles. The number of ether oxygens (including phenoxy) is 2. The average Bonchev–Trinajstić information content (AvgIpc) is 3.11. The van der Waals surface area contributed by atoms with Gasteiger partial charge in [0.25, 0.3) is 0 Å². The topological polar surface area (TPSA) is 114 Å². The van der Waals surface area contributed by atoms with E-state index < -0.39 is 26.2 Å². The smallest absolute Gasteiger partial charge is 0.408 e. The molecule has 1 unspecified atom stereocenters. The molecule has 0 spiro atoms. The summed E-state index contributed by atoms with van der Waals surface area (Å²) in [5.41, 5.74) is 3.32. The van der Waals surface area contributed by atoms with Crippen molar-refractivity contribution in [3.8, 4) is 11.5 Å². The van der Waals surface area contributed by atoms with E-state index in [1.165, 1.54) is 0 Å². The molecule has 0 aliphatic carbocycles. The molecular formula is C25H31N3O6Si. The second-order valence-corrected chi connectivity index (χ2v) is 15.8. The maximum absolute atomic E-state index is 11.6. The van der Waals surface area contributed by atoms with Gasteiger partial charge in [-0.1, -0.05) is 25.7 Å². The van der Waals surface area contributed by atoms with Crippen LogP contribution >= 0.6 is 0 Å². The zero-order chi connectivity index (χ0) is 25.3. The third-order valence-electron chi connectivity index (χ3n) is 6.20. The van der Waals surface area contributed by atoms with Crippen LogP contribution in [0.5, 0.6) is 11.5 Å². The van der Waals surface area contributed by atoms with E-state index in [2.05, 4.69) is 24.6 Å². The second kappa shape index (κ2) is 9.71. The first kappa shape index (κ1) is 24.7. The Hall–Kier alpha value is -3.37. The number of hydrogen-bond acceptors (Lipinski definition) is 5. The van der Waals surface area contributed by atoms with Gasteiger partial charge in [0.05, 0.1) is 11.9 Å². The summed E-state index contributed by atoms with van der Waals surface area (Å²) in [5, 5.41) is 19.8. The van der Waals surface area contributed by atoms with Crippen LogP contribution in [-0.2, 0) is 29.2 Å². The fourth-order valence-corrected chi connectivity index (χ4v) is 5.04. The van der Waals surface area contributed by atoms with E-state index in [4.69, 9.17) is 9.47 Å². The van der Waals surface area contributed by atoms with Crippen molar-refractivity contribution in [3.63, 3.8) is 0 Å². The zero-order valence-corrected chi connectivity index (χ0v) is 21.4. The molecule has 3 heterocycles. The van der Waals surface area contributed by atoms with E-state index in [1.54, 1.807) is 24.4 Å². The fraction of sp³-hybridized carbons (Fsp3) is 0.400. The first-order valence-electron chi connectivity index (χ1n) is 11.6. The Kier molecular flexibility index (Phi) is 6.86. The molecule has 0 radical (unpaired) electrons. The fourth-order valence-electron chi connectivity index (χ4n) is 4.28. The van der Waals surface area contributed by atoms with Crippen LogP contribution in [-0.4, -0.2) is 57.4 Å². The van der Waals surface area contributed by atoms with Crippen LogP contribution in [0, 0.1) is 6.92 Å². The van der Waals surface area contributed by atoms with Gasteiger partial charge < -0.3 is 24.3 Å². The summed E-state index contributed by atoms with van der Waals surface area (Å²) in [5.74, 6) is 0.0403. The van der Waals surface area contributed by atoms with Crippen LogP contribution in [0.25, 0.3) is 11.0 Å². The number of nitrogens with zero attached hydrogens (tertiary/aromatic N) is 3. The highest BCUT2D eigenvalue weighted by Crippen LogP contribution is 2.34. The van der Waals surface area contributed by atoms with E-state index in [0.29, 0.717) is 18.2 Å². The summed E-state index contributed by atoms with van der Waals surface area (Å²) in [4.78, 5) is 28.6. The van der Waals surface area contributed by atoms with Crippen LogP contribution in [0.15, 0.2) is 36.7 Å². The normalized spacial score (nSPS) is 15.8. The molecule has 4 rings (SSSR count). The molecule has 1 atom stereocenters. The van der Waals surface area contributed by atoms with E-state index in [0.717, 1.165) is 45.3 Å². The number of hydrogen-bond donors (Lipinski definition) is 2. The molecule has 10 heteroatoms. The number of aliphatic carboxylic acids is 1. The summed E-state index contributed by atoms with van der Waals surface area (Å²) < 4.78 is 14.1. The molecule has 0 fully saturated rings. The monoisotopic (exact) mass is 497 g/mol. The number of rotatable bonds is 8. The number of carbonyl (C=O) groups is 2. The summed E-state index contributed by atoms with van der Waals surface area (Å²) in [6.07, 6.45) is 2.56. The van der Waals surface area contributed by atoms with E-state index in [1.807, 2.05) is 23.8 Å². The van der Waals surface area contributed by atoms with Crippen molar-refractivity contribution < 1.29 is 29.3 Å². The molecule has 1 aliphatic rings. The molecule has 0 bridgehead atoms. The molecule has 0 saturated carbocycles. The maximum atomic E-state index is 11.6. The lowest BCUT2D eigenvalue weighted by atomic mass is 9.94. The van der Waals surface area contributed by atoms with Crippen molar-refractivity contribution in [2.45, 2.75) is 58.3 Å². The van der Waals surface area contributed by atoms with Gasteiger partial charge in [-0.3, -0.25) is 4.90 Å². The summed E-state index contributed by atoms with van der Waals surface area (Å²) in [6, 6.07) is 7.17. The van der Waals surface area contributed by atoms with Crippen molar-refractivity contribution in [2.75, 3.05) is 6.61 Å². The quantitative estimate of drug-likeness (QED) is 0.335. The van der Waals surface area contributed by atoms with Crippen molar-refractivity contribution in [1.82, 2.24) is 14.5 Å². The second-order valence-electron chi connectivity index (χ2n) is 10.1. The third kappa shape index (κ3) is 5.49. The molecule has 1 aliphatic heterocycles. The van der Waals surface area contributed by atoms with Crippen LogP contribution < -0.4 is 4.74 Å². The minimum absolute atomic E-state index is 0.00520. The molecular weight excluding hydrogens is 466 g/mol. The predicted molar refractivity (Wildman–Crippen MR) is 134 cm³/mol. The minimum Gasteiger partial charge on any atom is -0.480 e. The Morgan fingerprint density at radius 1 is 1.17 bits per heavy atom.